The third-order valence-corrected chi connectivity index (χ3v) is 3.57. The topological polar surface area (TPSA) is 74.0 Å². The summed E-state index contributed by atoms with van der Waals surface area (Å²) in [6.07, 6.45) is 4.57. The molecular formula is C17H23N3O2. The summed E-state index contributed by atoms with van der Waals surface area (Å²) in [5, 5.41) is 6.71. The van der Waals surface area contributed by atoms with E-state index in [4.69, 9.17) is 0 Å². The average molecular weight is 301 g/mol. The number of amides is 2. The van der Waals surface area contributed by atoms with Gasteiger partial charge in [-0.05, 0) is 24.5 Å². The molecule has 0 unspecified atom stereocenters. The minimum absolute atomic E-state index is 0.0996. The van der Waals surface area contributed by atoms with Gasteiger partial charge in [0.25, 0.3) is 0 Å². The quantitative estimate of drug-likeness (QED) is 0.516. The van der Waals surface area contributed by atoms with Crippen molar-refractivity contribution < 1.29 is 9.59 Å². The van der Waals surface area contributed by atoms with Crippen LogP contribution in [0.1, 0.15) is 31.7 Å². The van der Waals surface area contributed by atoms with Gasteiger partial charge in [0, 0.05) is 30.2 Å². The van der Waals surface area contributed by atoms with Crippen molar-refractivity contribution in [3.63, 3.8) is 0 Å². The lowest BCUT2D eigenvalue weighted by Gasteiger charge is -2.06. The van der Waals surface area contributed by atoms with Crippen molar-refractivity contribution in [2.45, 2.75) is 32.6 Å². The van der Waals surface area contributed by atoms with E-state index in [9.17, 15) is 9.59 Å². The van der Waals surface area contributed by atoms with Gasteiger partial charge in [0.05, 0.1) is 0 Å². The Morgan fingerprint density at radius 2 is 1.82 bits per heavy atom. The first-order valence-electron chi connectivity index (χ1n) is 7.79. The molecule has 0 fully saturated rings. The highest BCUT2D eigenvalue weighted by Gasteiger charge is 2.09. The smallest absolute Gasteiger partial charge is 0.229 e. The summed E-state index contributed by atoms with van der Waals surface area (Å²) in [6.45, 7) is 3.23. The van der Waals surface area contributed by atoms with Crippen LogP contribution in [0.3, 0.4) is 0 Å². The Kier molecular flexibility index (Phi) is 6.01. The molecule has 2 aromatic rings. The second-order valence-electron chi connectivity index (χ2n) is 5.34. The lowest BCUT2D eigenvalue weighted by Crippen LogP contribution is -2.33. The van der Waals surface area contributed by atoms with Gasteiger partial charge in [0.2, 0.25) is 11.8 Å². The minimum Gasteiger partial charge on any atom is -0.361 e. The molecule has 0 bridgehead atoms. The van der Waals surface area contributed by atoms with Gasteiger partial charge in [-0.2, -0.15) is 0 Å². The second kappa shape index (κ2) is 8.22. The molecule has 0 aliphatic heterocycles. The Hall–Kier alpha value is -2.30. The summed E-state index contributed by atoms with van der Waals surface area (Å²) < 4.78 is 0. The zero-order chi connectivity index (χ0) is 15.8. The molecule has 0 atom stereocenters. The summed E-state index contributed by atoms with van der Waals surface area (Å²) in [7, 11) is 0. The van der Waals surface area contributed by atoms with Gasteiger partial charge in [-0.3, -0.25) is 9.59 Å². The molecule has 1 aromatic heterocycles. The highest BCUT2D eigenvalue weighted by Crippen LogP contribution is 2.17. The number of aromatic nitrogens is 1. The predicted molar refractivity (Wildman–Crippen MR) is 87.5 cm³/mol. The summed E-state index contributed by atoms with van der Waals surface area (Å²) in [5.41, 5.74) is 2.27. The van der Waals surface area contributed by atoms with Crippen LogP contribution in [0.25, 0.3) is 10.9 Å². The molecule has 2 rings (SSSR count). The molecule has 118 valence electrons. The SMILES string of the molecule is CCCCNC(=O)CC(=O)NCCc1c[nH]c2ccccc12. The van der Waals surface area contributed by atoms with E-state index in [2.05, 4.69) is 28.6 Å². The van der Waals surface area contributed by atoms with Gasteiger partial charge < -0.3 is 15.6 Å². The number of aromatic amines is 1. The number of carbonyl (C=O) groups excluding carboxylic acids is 2. The van der Waals surface area contributed by atoms with Gasteiger partial charge in [0.1, 0.15) is 6.42 Å². The van der Waals surface area contributed by atoms with Gasteiger partial charge in [-0.15, -0.1) is 0 Å². The van der Waals surface area contributed by atoms with Crippen LogP contribution in [0.4, 0.5) is 0 Å². The number of hydrogen-bond acceptors (Lipinski definition) is 2. The number of fused-ring (bicyclic) bond motifs is 1. The van der Waals surface area contributed by atoms with Crippen LogP contribution >= 0.6 is 0 Å². The van der Waals surface area contributed by atoms with Crippen molar-refractivity contribution in [3.8, 4) is 0 Å². The number of H-pyrrole nitrogens is 1. The molecule has 0 aliphatic carbocycles. The van der Waals surface area contributed by atoms with Crippen LogP contribution in [0.15, 0.2) is 30.5 Å². The van der Waals surface area contributed by atoms with E-state index < -0.39 is 0 Å². The van der Waals surface area contributed by atoms with Crippen LogP contribution in [0.5, 0.6) is 0 Å². The van der Waals surface area contributed by atoms with Gasteiger partial charge in [0.15, 0.2) is 0 Å². The van der Waals surface area contributed by atoms with Crippen molar-refractivity contribution in [3.05, 3.63) is 36.0 Å². The Morgan fingerprint density at radius 3 is 2.59 bits per heavy atom. The first-order valence-corrected chi connectivity index (χ1v) is 7.79. The Balaban J connectivity index is 1.72. The summed E-state index contributed by atoms with van der Waals surface area (Å²) in [4.78, 5) is 26.4. The van der Waals surface area contributed by atoms with Crippen molar-refractivity contribution in [2.75, 3.05) is 13.1 Å². The van der Waals surface area contributed by atoms with Crippen LogP contribution in [0.2, 0.25) is 0 Å². The lowest BCUT2D eigenvalue weighted by molar-refractivity contribution is -0.129. The molecule has 5 heteroatoms. The molecule has 22 heavy (non-hydrogen) atoms. The van der Waals surface area contributed by atoms with Crippen LogP contribution in [0, 0.1) is 0 Å². The molecule has 0 spiro atoms. The zero-order valence-corrected chi connectivity index (χ0v) is 12.9. The first kappa shape index (κ1) is 16.1. The predicted octanol–water partition coefficient (Wildman–Crippen LogP) is 2.13. The number of rotatable bonds is 8. The molecule has 1 heterocycles. The fourth-order valence-electron chi connectivity index (χ4n) is 2.35. The largest absolute Gasteiger partial charge is 0.361 e. The normalized spacial score (nSPS) is 10.6. The number of benzene rings is 1. The monoisotopic (exact) mass is 301 g/mol. The third-order valence-electron chi connectivity index (χ3n) is 3.57. The number of carbonyl (C=O) groups is 2. The minimum atomic E-state index is -0.228. The molecular weight excluding hydrogens is 278 g/mol. The highest BCUT2D eigenvalue weighted by molar-refractivity contribution is 5.96. The van der Waals surface area contributed by atoms with E-state index in [1.54, 1.807) is 0 Å². The summed E-state index contributed by atoms with van der Waals surface area (Å²) in [6, 6.07) is 8.07. The molecule has 1 aromatic carbocycles. The van der Waals surface area contributed by atoms with Crippen LogP contribution < -0.4 is 10.6 Å². The number of unbranched alkanes of at least 4 members (excludes halogenated alkanes) is 1. The molecule has 0 aliphatic rings. The first-order chi connectivity index (χ1) is 10.7. The average Bonchev–Trinajstić information content (AvgIpc) is 2.91. The maximum atomic E-state index is 11.7. The Labute approximate surface area is 130 Å². The Morgan fingerprint density at radius 1 is 1.09 bits per heavy atom. The zero-order valence-electron chi connectivity index (χ0n) is 12.9. The van der Waals surface area contributed by atoms with E-state index in [0.29, 0.717) is 13.1 Å². The van der Waals surface area contributed by atoms with Crippen LogP contribution in [-0.4, -0.2) is 29.9 Å². The molecule has 2 amide bonds. The number of para-hydroxylation sites is 1. The molecule has 0 saturated carbocycles. The number of nitrogens with one attached hydrogen (secondary N) is 3. The molecule has 0 saturated heterocycles. The molecule has 5 nitrogen and oxygen atoms in total. The fourth-order valence-corrected chi connectivity index (χ4v) is 2.35. The maximum Gasteiger partial charge on any atom is 0.229 e. The van der Waals surface area contributed by atoms with Gasteiger partial charge in [-0.25, -0.2) is 0 Å². The highest BCUT2D eigenvalue weighted by atomic mass is 16.2. The van der Waals surface area contributed by atoms with E-state index in [-0.39, 0.29) is 18.2 Å². The van der Waals surface area contributed by atoms with Crippen LogP contribution in [-0.2, 0) is 16.0 Å². The third kappa shape index (κ3) is 4.62. The van der Waals surface area contributed by atoms with E-state index in [0.717, 1.165) is 24.8 Å². The second-order valence-corrected chi connectivity index (χ2v) is 5.34. The molecule has 0 radical (unpaired) electrons. The molecule has 3 N–H and O–H groups in total. The Bertz CT molecular complexity index is 634. The van der Waals surface area contributed by atoms with Crippen molar-refractivity contribution in [1.29, 1.82) is 0 Å². The van der Waals surface area contributed by atoms with Crippen molar-refractivity contribution in [2.24, 2.45) is 0 Å². The van der Waals surface area contributed by atoms with Crippen molar-refractivity contribution >= 4 is 22.7 Å². The number of hydrogen-bond donors (Lipinski definition) is 3. The maximum absolute atomic E-state index is 11.7. The summed E-state index contributed by atoms with van der Waals surface area (Å²) in [5.74, 6) is -0.438. The van der Waals surface area contributed by atoms with E-state index >= 15 is 0 Å². The standard InChI is InChI=1S/C17H23N3O2/c1-2-3-9-18-16(21)11-17(22)19-10-8-13-12-20-15-7-5-4-6-14(13)15/h4-7,12,20H,2-3,8-11H2,1H3,(H,18,21)(H,19,22). The fraction of sp³-hybridized carbons (Fsp3) is 0.412. The van der Waals surface area contributed by atoms with E-state index in [1.807, 2.05) is 24.4 Å². The van der Waals surface area contributed by atoms with Gasteiger partial charge in [-0.1, -0.05) is 31.5 Å². The van der Waals surface area contributed by atoms with E-state index in [1.165, 1.54) is 10.9 Å². The van der Waals surface area contributed by atoms with Crippen molar-refractivity contribution in [1.82, 2.24) is 15.6 Å². The lowest BCUT2D eigenvalue weighted by atomic mass is 10.1. The van der Waals surface area contributed by atoms with Gasteiger partial charge >= 0.3 is 0 Å². The summed E-state index contributed by atoms with van der Waals surface area (Å²) >= 11 is 0.